The summed E-state index contributed by atoms with van der Waals surface area (Å²) in [7, 11) is 0. The van der Waals surface area contributed by atoms with Gasteiger partial charge in [0.05, 0.1) is 5.56 Å². The van der Waals surface area contributed by atoms with Gasteiger partial charge in [-0.15, -0.1) is 0 Å². The van der Waals surface area contributed by atoms with Crippen LogP contribution in [0.15, 0.2) is 24.3 Å². The van der Waals surface area contributed by atoms with Crippen LogP contribution >= 0.6 is 0 Å². The van der Waals surface area contributed by atoms with Gasteiger partial charge in [-0.2, -0.15) is 13.2 Å². The second-order valence-electron chi connectivity index (χ2n) is 5.58. The maximum Gasteiger partial charge on any atom is 0.416 e. The molecule has 0 fully saturated rings. The van der Waals surface area contributed by atoms with Gasteiger partial charge in [-0.1, -0.05) is 32.0 Å². The molecule has 1 N–H and O–H groups in total. The summed E-state index contributed by atoms with van der Waals surface area (Å²) in [6.45, 7) is 7.87. The first kappa shape index (κ1) is 18.0. The summed E-state index contributed by atoms with van der Waals surface area (Å²) >= 11 is 0. The van der Waals surface area contributed by atoms with Gasteiger partial charge < -0.3 is 10.1 Å². The number of ether oxygens (including phenoxy) is 1. The number of benzene rings is 1. The van der Waals surface area contributed by atoms with Gasteiger partial charge in [0.2, 0.25) is 0 Å². The topological polar surface area (TPSA) is 21.3 Å². The number of nitrogens with one attached hydrogen (secondary N) is 1. The van der Waals surface area contributed by atoms with Crippen molar-refractivity contribution in [1.82, 2.24) is 5.32 Å². The Balaban J connectivity index is 2.44. The summed E-state index contributed by atoms with van der Waals surface area (Å²) in [5.41, 5.74) is -0.283. The molecule has 0 aliphatic carbocycles. The predicted octanol–water partition coefficient (Wildman–Crippen LogP) is 4.42. The molecule has 1 atom stereocenters. The fourth-order valence-corrected chi connectivity index (χ4v) is 2.05. The van der Waals surface area contributed by atoms with Crippen LogP contribution in [0, 0.1) is 5.92 Å². The SMILES string of the molecule is CC(C)COCCCNC(C)c1ccccc1C(F)(F)F. The van der Waals surface area contributed by atoms with E-state index in [0.717, 1.165) is 12.5 Å². The van der Waals surface area contributed by atoms with E-state index in [0.29, 0.717) is 25.7 Å². The Kier molecular flexibility index (Phi) is 7.18. The third-order valence-corrected chi connectivity index (χ3v) is 3.10. The van der Waals surface area contributed by atoms with Gasteiger partial charge in [0.1, 0.15) is 0 Å². The molecule has 0 aliphatic heterocycles. The van der Waals surface area contributed by atoms with Gasteiger partial charge in [0.25, 0.3) is 0 Å². The molecule has 0 radical (unpaired) electrons. The molecule has 0 aromatic heterocycles. The van der Waals surface area contributed by atoms with Gasteiger partial charge in [0, 0.05) is 19.3 Å². The fraction of sp³-hybridized carbons (Fsp3) is 0.625. The zero-order chi connectivity index (χ0) is 15.9. The molecular formula is C16H24F3NO. The average molecular weight is 303 g/mol. The summed E-state index contributed by atoms with van der Waals surface area (Å²) in [6.07, 6.45) is -3.53. The highest BCUT2D eigenvalue weighted by atomic mass is 19.4. The molecule has 0 heterocycles. The van der Waals surface area contributed by atoms with Crippen molar-refractivity contribution in [1.29, 1.82) is 0 Å². The summed E-state index contributed by atoms with van der Waals surface area (Å²) in [5.74, 6) is 0.496. The van der Waals surface area contributed by atoms with Crippen LogP contribution in [0.25, 0.3) is 0 Å². The van der Waals surface area contributed by atoms with Crippen LogP contribution < -0.4 is 5.32 Å². The van der Waals surface area contributed by atoms with Crippen molar-refractivity contribution in [2.45, 2.75) is 39.4 Å². The molecule has 0 saturated heterocycles. The highest BCUT2D eigenvalue weighted by Gasteiger charge is 2.33. The minimum atomic E-state index is -4.31. The molecule has 0 aliphatic rings. The second kappa shape index (κ2) is 8.39. The Morgan fingerprint density at radius 1 is 1.14 bits per heavy atom. The van der Waals surface area contributed by atoms with Crippen molar-refractivity contribution in [3.8, 4) is 0 Å². The lowest BCUT2D eigenvalue weighted by Crippen LogP contribution is -2.23. The smallest absolute Gasteiger partial charge is 0.381 e. The zero-order valence-electron chi connectivity index (χ0n) is 12.8. The molecule has 5 heteroatoms. The third-order valence-electron chi connectivity index (χ3n) is 3.10. The monoisotopic (exact) mass is 303 g/mol. The van der Waals surface area contributed by atoms with Crippen LogP contribution in [-0.2, 0) is 10.9 Å². The van der Waals surface area contributed by atoms with E-state index in [1.165, 1.54) is 12.1 Å². The average Bonchev–Trinajstić information content (AvgIpc) is 2.41. The third kappa shape index (κ3) is 6.48. The van der Waals surface area contributed by atoms with E-state index in [1.807, 2.05) is 0 Å². The van der Waals surface area contributed by atoms with Crippen LogP contribution in [0.3, 0.4) is 0 Å². The molecule has 120 valence electrons. The molecule has 1 aromatic carbocycles. The van der Waals surface area contributed by atoms with Gasteiger partial charge in [-0.05, 0) is 37.4 Å². The molecule has 0 saturated carbocycles. The summed E-state index contributed by atoms with van der Waals surface area (Å²) in [6, 6.07) is 5.36. The number of alkyl halides is 3. The minimum Gasteiger partial charge on any atom is -0.381 e. The highest BCUT2D eigenvalue weighted by molar-refractivity contribution is 5.31. The summed E-state index contributed by atoms with van der Waals surface area (Å²) in [4.78, 5) is 0. The van der Waals surface area contributed by atoms with E-state index in [-0.39, 0.29) is 11.6 Å². The predicted molar refractivity (Wildman–Crippen MR) is 78.1 cm³/mol. The molecule has 0 bridgehead atoms. The van der Waals surface area contributed by atoms with E-state index < -0.39 is 11.7 Å². The Hall–Kier alpha value is -1.07. The molecule has 0 amide bonds. The van der Waals surface area contributed by atoms with Crippen molar-refractivity contribution < 1.29 is 17.9 Å². The Morgan fingerprint density at radius 3 is 2.43 bits per heavy atom. The van der Waals surface area contributed by atoms with E-state index in [9.17, 15) is 13.2 Å². The molecule has 1 aromatic rings. The van der Waals surface area contributed by atoms with E-state index >= 15 is 0 Å². The van der Waals surface area contributed by atoms with Crippen molar-refractivity contribution in [2.75, 3.05) is 19.8 Å². The first-order chi connectivity index (χ1) is 9.82. The van der Waals surface area contributed by atoms with Gasteiger partial charge >= 0.3 is 6.18 Å². The van der Waals surface area contributed by atoms with E-state index in [2.05, 4.69) is 19.2 Å². The normalized spacial score (nSPS) is 13.7. The van der Waals surface area contributed by atoms with Gasteiger partial charge in [-0.25, -0.2) is 0 Å². The molecular weight excluding hydrogens is 279 g/mol. The van der Waals surface area contributed by atoms with Crippen LogP contribution in [0.2, 0.25) is 0 Å². The van der Waals surface area contributed by atoms with Crippen LogP contribution in [-0.4, -0.2) is 19.8 Å². The second-order valence-corrected chi connectivity index (χ2v) is 5.58. The Bertz CT molecular complexity index is 418. The van der Waals surface area contributed by atoms with Crippen LogP contribution in [0.5, 0.6) is 0 Å². The summed E-state index contributed by atoms with van der Waals surface area (Å²) in [5, 5.41) is 3.12. The first-order valence-corrected chi connectivity index (χ1v) is 7.29. The number of halogens is 3. The number of hydrogen-bond donors (Lipinski definition) is 1. The van der Waals surface area contributed by atoms with Crippen molar-refractivity contribution in [2.24, 2.45) is 5.92 Å². The Labute approximate surface area is 124 Å². The summed E-state index contributed by atoms with van der Waals surface area (Å²) < 4.78 is 44.2. The van der Waals surface area contributed by atoms with Gasteiger partial charge in [0.15, 0.2) is 0 Å². The first-order valence-electron chi connectivity index (χ1n) is 7.29. The molecule has 21 heavy (non-hydrogen) atoms. The highest BCUT2D eigenvalue weighted by Crippen LogP contribution is 2.34. The number of rotatable bonds is 8. The van der Waals surface area contributed by atoms with Gasteiger partial charge in [-0.3, -0.25) is 0 Å². The quantitative estimate of drug-likeness (QED) is 0.718. The van der Waals surface area contributed by atoms with Crippen molar-refractivity contribution in [3.05, 3.63) is 35.4 Å². The maximum atomic E-state index is 12.9. The molecule has 0 spiro atoms. The van der Waals surface area contributed by atoms with E-state index in [1.54, 1.807) is 13.0 Å². The van der Waals surface area contributed by atoms with Crippen LogP contribution in [0.4, 0.5) is 13.2 Å². The molecule has 1 unspecified atom stereocenters. The molecule has 2 nitrogen and oxygen atoms in total. The van der Waals surface area contributed by atoms with Crippen molar-refractivity contribution in [3.63, 3.8) is 0 Å². The number of hydrogen-bond acceptors (Lipinski definition) is 2. The lowest BCUT2D eigenvalue weighted by Gasteiger charge is -2.19. The fourth-order valence-electron chi connectivity index (χ4n) is 2.05. The lowest BCUT2D eigenvalue weighted by molar-refractivity contribution is -0.138. The van der Waals surface area contributed by atoms with E-state index in [4.69, 9.17) is 4.74 Å². The van der Waals surface area contributed by atoms with Crippen LogP contribution in [0.1, 0.15) is 44.4 Å². The largest absolute Gasteiger partial charge is 0.416 e. The lowest BCUT2D eigenvalue weighted by atomic mass is 10.0. The zero-order valence-corrected chi connectivity index (χ0v) is 12.8. The molecule has 1 rings (SSSR count). The minimum absolute atomic E-state index is 0.285. The Morgan fingerprint density at radius 2 is 1.81 bits per heavy atom. The maximum absolute atomic E-state index is 12.9. The van der Waals surface area contributed by atoms with Crippen molar-refractivity contribution >= 4 is 0 Å². The standard InChI is InChI=1S/C16H24F3NO/c1-12(2)11-21-10-6-9-20-13(3)14-7-4-5-8-15(14)16(17,18)19/h4-5,7-8,12-13,20H,6,9-11H2,1-3H3.